The van der Waals surface area contributed by atoms with Gasteiger partial charge in [-0.05, 0) is 36.6 Å². The molecule has 0 radical (unpaired) electrons. The van der Waals surface area contributed by atoms with E-state index in [-0.39, 0.29) is 18.1 Å². The van der Waals surface area contributed by atoms with Gasteiger partial charge in [0.05, 0.1) is 18.8 Å². The number of aliphatic hydroxyl groups excluding tert-OH is 1. The van der Waals surface area contributed by atoms with E-state index in [0.717, 1.165) is 16.7 Å². The second-order valence-electron chi connectivity index (χ2n) is 8.38. The van der Waals surface area contributed by atoms with Crippen LogP contribution in [-0.2, 0) is 16.0 Å². The number of β-amino-alcohol motifs (C(OH)–C–C–N with tert-alkyl or cyclic N) is 1. The first-order valence-corrected chi connectivity index (χ1v) is 10.8. The van der Waals surface area contributed by atoms with Crippen LogP contribution in [0.5, 0.6) is 0 Å². The number of nitrogens with zero attached hydrogens (tertiary/aromatic N) is 2. The first kappa shape index (κ1) is 21.5. The number of ether oxygens (including phenoxy) is 1. The summed E-state index contributed by atoms with van der Waals surface area (Å²) < 4.78 is 5.96. The molecule has 3 atom stereocenters. The Hall–Kier alpha value is -2.74. The third kappa shape index (κ3) is 5.31. The van der Waals surface area contributed by atoms with E-state index in [1.165, 1.54) is 5.56 Å². The number of aliphatic hydroxyl groups is 1. The van der Waals surface area contributed by atoms with Gasteiger partial charge >= 0.3 is 0 Å². The summed E-state index contributed by atoms with van der Waals surface area (Å²) in [7, 11) is 0. The van der Waals surface area contributed by atoms with E-state index in [4.69, 9.17) is 10.5 Å². The van der Waals surface area contributed by atoms with Gasteiger partial charge in [-0.3, -0.25) is 9.69 Å². The van der Waals surface area contributed by atoms with E-state index >= 15 is 0 Å². The summed E-state index contributed by atoms with van der Waals surface area (Å²) in [6.07, 6.45) is 4.24. The number of nitrogens with two attached hydrogens (primary N) is 1. The molecule has 0 bridgehead atoms. The van der Waals surface area contributed by atoms with Gasteiger partial charge in [0.2, 0.25) is 5.91 Å². The minimum Gasteiger partial charge on any atom is -0.392 e. The molecule has 2 aliphatic rings. The second kappa shape index (κ2) is 9.60. The summed E-state index contributed by atoms with van der Waals surface area (Å²) >= 11 is 0. The molecular formula is C24H30N4O3. The Balaban J connectivity index is 1.23. The zero-order valence-corrected chi connectivity index (χ0v) is 17.8. The van der Waals surface area contributed by atoms with Gasteiger partial charge in [-0.25, -0.2) is 4.98 Å². The van der Waals surface area contributed by atoms with Gasteiger partial charge in [-0.15, -0.1) is 0 Å². The number of fused-ring (bicyclic) bond motifs is 1. The summed E-state index contributed by atoms with van der Waals surface area (Å²) in [6.45, 7) is 4.34. The van der Waals surface area contributed by atoms with Gasteiger partial charge in [-0.2, -0.15) is 0 Å². The van der Waals surface area contributed by atoms with Crippen LogP contribution < -0.4 is 11.1 Å². The average molecular weight is 423 g/mol. The summed E-state index contributed by atoms with van der Waals surface area (Å²) in [5.41, 5.74) is 9.72. The molecule has 7 nitrogen and oxygen atoms in total. The lowest BCUT2D eigenvalue weighted by molar-refractivity contribution is -0.117. The van der Waals surface area contributed by atoms with Crippen molar-refractivity contribution >= 4 is 17.8 Å². The lowest BCUT2D eigenvalue weighted by Crippen LogP contribution is -2.48. The number of nitrogens with one attached hydrogen (secondary N) is 1. The summed E-state index contributed by atoms with van der Waals surface area (Å²) in [4.78, 5) is 18.8. The third-order valence-electron chi connectivity index (χ3n) is 6.01. The van der Waals surface area contributed by atoms with Crippen molar-refractivity contribution in [3.8, 4) is 0 Å². The van der Waals surface area contributed by atoms with E-state index in [0.29, 0.717) is 44.9 Å². The van der Waals surface area contributed by atoms with Crippen LogP contribution >= 0.6 is 0 Å². The fraction of sp³-hybridized carbons (Fsp3) is 0.417. The number of pyridine rings is 1. The molecule has 7 heteroatoms. The van der Waals surface area contributed by atoms with Gasteiger partial charge in [0, 0.05) is 49.4 Å². The Labute approximate surface area is 182 Å². The van der Waals surface area contributed by atoms with E-state index in [9.17, 15) is 9.90 Å². The van der Waals surface area contributed by atoms with Gasteiger partial charge in [-0.1, -0.05) is 30.3 Å². The molecule has 2 heterocycles. The van der Waals surface area contributed by atoms with E-state index < -0.39 is 6.10 Å². The SMILES string of the molecule is C[C@H]1CO[C@@H](c2ccc(N)nc2)CN1CC(O)CCNC(=O)C1=Cc2ccccc2C1. The number of benzene rings is 1. The molecular weight excluding hydrogens is 392 g/mol. The Kier molecular flexibility index (Phi) is 6.65. The van der Waals surface area contributed by atoms with Crippen LogP contribution in [0.25, 0.3) is 6.08 Å². The molecule has 4 rings (SSSR count). The van der Waals surface area contributed by atoms with Crippen molar-refractivity contribution < 1.29 is 14.6 Å². The first-order chi connectivity index (χ1) is 15.0. The fourth-order valence-corrected chi connectivity index (χ4v) is 4.12. The standard InChI is InChI=1S/C24H30N4O3/c1-16-15-31-22(19-6-7-23(25)27-12-19)14-28(16)13-21(29)8-9-26-24(30)20-10-17-4-2-3-5-18(17)11-20/h2-7,10,12,16,21-22,29H,8-9,11,13-15H2,1H3,(H2,25,27)(H,26,30)/t16-,21?,22+/m0/s1. The number of morpholine rings is 1. The van der Waals surface area contributed by atoms with E-state index in [1.807, 2.05) is 36.4 Å². The normalized spacial score (nSPS) is 21.9. The number of aromatic nitrogens is 1. The molecule has 0 spiro atoms. The molecule has 1 unspecified atom stereocenters. The zero-order chi connectivity index (χ0) is 21.8. The Morgan fingerprint density at radius 2 is 2.19 bits per heavy atom. The zero-order valence-electron chi connectivity index (χ0n) is 17.8. The van der Waals surface area contributed by atoms with Crippen LogP contribution in [0, 0.1) is 0 Å². The first-order valence-electron chi connectivity index (χ1n) is 10.8. The maximum atomic E-state index is 12.5. The predicted molar refractivity (Wildman–Crippen MR) is 120 cm³/mol. The number of hydrogen-bond acceptors (Lipinski definition) is 6. The minimum atomic E-state index is -0.527. The predicted octanol–water partition coefficient (Wildman–Crippen LogP) is 1.93. The highest BCUT2D eigenvalue weighted by Crippen LogP contribution is 2.26. The van der Waals surface area contributed by atoms with Crippen molar-refractivity contribution in [2.24, 2.45) is 0 Å². The molecule has 1 aromatic heterocycles. The van der Waals surface area contributed by atoms with Crippen molar-refractivity contribution in [3.05, 3.63) is 64.9 Å². The Bertz CT molecular complexity index is 944. The molecule has 164 valence electrons. The number of carbonyl (C=O) groups excluding carboxylic acids is 1. The Morgan fingerprint density at radius 3 is 2.97 bits per heavy atom. The lowest BCUT2D eigenvalue weighted by atomic mass is 10.1. The van der Waals surface area contributed by atoms with Crippen molar-refractivity contribution in [2.75, 3.05) is 32.0 Å². The molecule has 1 aromatic carbocycles. The highest BCUT2D eigenvalue weighted by Gasteiger charge is 2.28. The van der Waals surface area contributed by atoms with Crippen molar-refractivity contribution in [2.45, 2.75) is 38.0 Å². The molecule has 1 amide bonds. The third-order valence-corrected chi connectivity index (χ3v) is 6.01. The maximum Gasteiger partial charge on any atom is 0.247 e. The molecule has 1 aliphatic carbocycles. The van der Waals surface area contributed by atoms with Gasteiger partial charge < -0.3 is 20.9 Å². The summed E-state index contributed by atoms with van der Waals surface area (Å²) in [5.74, 6) is 0.429. The van der Waals surface area contributed by atoms with Crippen LogP contribution in [0.3, 0.4) is 0 Å². The molecule has 2 aromatic rings. The van der Waals surface area contributed by atoms with Crippen molar-refractivity contribution in [3.63, 3.8) is 0 Å². The smallest absolute Gasteiger partial charge is 0.247 e. The summed E-state index contributed by atoms with van der Waals surface area (Å²) in [5, 5.41) is 13.5. The quantitative estimate of drug-likeness (QED) is 0.630. The number of anilines is 1. The second-order valence-corrected chi connectivity index (χ2v) is 8.38. The minimum absolute atomic E-state index is 0.0564. The molecule has 1 saturated heterocycles. The number of nitrogen functional groups attached to an aromatic ring is 1. The number of carbonyl (C=O) groups is 1. The topological polar surface area (TPSA) is 101 Å². The fourth-order valence-electron chi connectivity index (χ4n) is 4.12. The van der Waals surface area contributed by atoms with Crippen molar-refractivity contribution in [1.29, 1.82) is 0 Å². The summed E-state index contributed by atoms with van der Waals surface area (Å²) in [6, 6.07) is 12.0. The van der Waals surface area contributed by atoms with Crippen LogP contribution in [0.2, 0.25) is 0 Å². The molecule has 0 saturated carbocycles. The average Bonchev–Trinajstić information content (AvgIpc) is 3.20. The highest BCUT2D eigenvalue weighted by atomic mass is 16.5. The van der Waals surface area contributed by atoms with Crippen LogP contribution in [-0.4, -0.2) is 59.3 Å². The van der Waals surface area contributed by atoms with Crippen LogP contribution in [0.4, 0.5) is 5.82 Å². The van der Waals surface area contributed by atoms with Gasteiger partial charge in [0.25, 0.3) is 0 Å². The largest absolute Gasteiger partial charge is 0.392 e. The van der Waals surface area contributed by atoms with E-state index in [1.54, 1.807) is 12.3 Å². The van der Waals surface area contributed by atoms with E-state index in [2.05, 4.69) is 22.1 Å². The maximum absolute atomic E-state index is 12.5. The lowest BCUT2D eigenvalue weighted by Gasteiger charge is -2.39. The molecule has 1 aliphatic heterocycles. The molecule has 31 heavy (non-hydrogen) atoms. The number of rotatable bonds is 7. The highest BCUT2D eigenvalue weighted by molar-refractivity contribution is 6.00. The van der Waals surface area contributed by atoms with Crippen LogP contribution in [0.15, 0.2) is 48.2 Å². The van der Waals surface area contributed by atoms with Gasteiger partial charge in [0.15, 0.2) is 0 Å². The Morgan fingerprint density at radius 1 is 1.35 bits per heavy atom. The van der Waals surface area contributed by atoms with Crippen molar-refractivity contribution in [1.82, 2.24) is 15.2 Å². The molecule has 4 N–H and O–H groups in total. The monoisotopic (exact) mass is 422 g/mol. The van der Waals surface area contributed by atoms with Crippen LogP contribution in [0.1, 0.15) is 36.1 Å². The van der Waals surface area contributed by atoms with Gasteiger partial charge in [0.1, 0.15) is 5.82 Å². The number of hydrogen-bond donors (Lipinski definition) is 3. The molecule has 1 fully saturated rings. The number of amides is 1.